The largest absolute Gasteiger partial charge is 0.383 e. The Labute approximate surface area is 72.8 Å². The number of hydrogen-bond acceptors (Lipinski definition) is 2. The maximum absolute atomic E-state index is 5.79. The minimum Gasteiger partial charge on any atom is -0.383 e. The Kier molecular flexibility index (Phi) is 1.75. The third-order valence-electron chi connectivity index (χ3n) is 2.65. The molecule has 1 aliphatic carbocycles. The van der Waals surface area contributed by atoms with Crippen molar-refractivity contribution in [2.75, 3.05) is 5.73 Å². The quantitative estimate of drug-likeness (QED) is 0.631. The second-order valence-corrected chi connectivity index (χ2v) is 3.68. The number of nitrogen functional groups attached to an aromatic ring is 1. The van der Waals surface area contributed by atoms with Crippen LogP contribution in [0.2, 0.25) is 0 Å². The zero-order chi connectivity index (χ0) is 8.55. The van der Waals surface area contributed by atoms with E-state index in [0.717, 1.165) is 18.2 Å². The highest BCUT2D eigenvalue weighted by atomic mass is 14.8. The number of nitrogens with zero attached hydrogens (tertiary/aromatic N) is 1. The molecule has 0 radical (unpaired) electrons. The Morgan fingerprint density at radius 1 is 1.58 bits per heavy atom. The van der Waals surface area contributed by atoms with E-state index in [9.17, 15) is 0 Å². The maximum atomic E-state index is 5.79. The Morgan fingerprint density at radius 3 is 3.25 bits per heavy atom. The van der Waals surface area contributed by atoms with Gasteiger partial charge in [0.25, 0.3) is 0 Å². The van der Waals surface area contributed by atoms with Gasteiger partial charge in [-0.2, -0.15) is 0 Å². The first kappa shape index (κ1) is 7.59. The molecule has 0 bridgehead atoms. The first-order valence-corrected chi connectivity index (χ1v) is 4.49. The summed E-state index contributed by atoms with van der Waals surface area (Å²) in [5, 5.41) is 0. The van der Waals surface area contributed by atoms with Crippen molar-refractivity contribution < 1.29 is 0 Å². The molecule has 1 aromatic rings. The van der Waals surface area contributed by atoms with Crippen molar-refractivity contribution in [3.05, 3.63) is 23.4 Å². The molecular formula is C10H14N2. The van der Waals surface area contributed by atoms with Gasteiger partial charge in [-0.1, -0.05) is 6.92 Å². The van der Waals surface area contributed by atoms with E-state index >= 15 is 0 Å². The fraction of sp³-hybridized carbons (Fsp3) is 0.500. The molecule has 1 heterocycles. The average Bonchev–Trinajstić information content (AvgIpc) is 2.07. The molecule has 0 saturated carbocycles. The monoisotopic (exact) mass is 162 g/mol. The Morgan fingerprint density at radius 2 is 2.42 bits per heavy atom. The van der Waals surface area contributed by atoms with Gasteiger partial charge in [0.2, 0.25) is 0 Å². The van der Waals surface area contributed by atoms with Crippen molar-refractivity contribution in [3.63, 3.8) is 0 Å². The Bertz CT molecular complexity index is 294. The summed E-state index contributed by atoms with van der Waals surface area (Å²) in [6.45, 7) is 2.27. The predicted octanol–water partition coefficient (Wildman–Crippen LogP) is 1.79. The van der Waals surface area contributed by atoms with Gasteiger partial charge in [0.15, 0.2) is 0 Å². The summed E-state index contributed by atoms with van der Waals surface area (Å²) in [5.74, 6) is 1.50. The van der Waals surface area contributed by atoms with Crippen molar-refractivity contribution in [1.29, 1.82) is 0 Å². The number of aryl methyl sites for hydroxylation is 1. The van der Waals surface area contributed by atoms with Crippen molar-refractivity contribution in [2.45, 2.75) is 26.2 Å². The van der Waals surface area contributed by atoms with Crippen LogP contribution in [0.15, 0.2) is 12.3 Å². The number of rotatable bonds is 0. The second-order valence-electron chi connectivity index (χ2n) is 3.68. The highest BCUT2D eigenvalue weighted by Crippen LogP contribution is 2.27. The van der Waals surface area contributed by atoms with Crippen LogP contribution < -0.4 is 5.73 Å². The van der Waals surface area contributed by atoms with Crippen LogP contribution in [0.1, 0.15) is 24.5 Å². The Hall–Kier alpha value is -1.05. The summed E-state index contributed by atoms with van der Waals surface area (Å²) in [6, 6.07) is 2.09. The Balaban J connectivity index is 2.43. The third kappa shape index (κ3) is 1.17. The molecule has 12 heavy (non-hydrogen) atoms. The van der Waals surface area contributed by atoms with Crippen LogP contribution in [0.4, 0.5) is 5.82 Å². The first-order chi connectivity index (χ1) is 5.77. The molecule has 0 amide bonds. The third-order valence-corrected chi connectivity index (χ3v) is 2.65. The lowest BCUT2D eigenvalue weighted by atomic mass is 9.85. The smallest absolute Gasteiger partial charge is 0.126 e. The normalized spacial score (nSPS) is 21.9. The molecule has 1 unspecified atom stereocenters. The van der Waals surface area contributed by atoms with Crippen molar-refractivity contribution in [1.82, 2.24) is 4.98 Å². The summed E-state index contributed by atoms with van der Waals surface area (Å²) in [7, 11) is 0. The molecular weight excluding hydrogens is 148 g/mol. The van der Waals surface area contributed by atoms with E-state index in [2.05, 4.69) is 18.0 Å². The van der Waals surface area contributed by atoms with E-state index in [1.54, 1.807) is 0 Å². The van der Waals surface area contributed by atoms with Crippen molar-refractivity contribution >= 4 is 5.82 Å². The van der Waals surface area contributed by atoms with E-state index < -0.39 is 0 Å². The van der Waals surface area contributed by atoms with E-state index in [-0.39, 0.29) is 0 Å². The molecule has 2 rings (SSSR count). The van der Waals surface area contributed by atoms with E-state index in [4.69, 9.17) is 5.73 Å². The van der Waals surface area contributed by atoms with Crippen LogP contribution in [-0.4, -0.2) is 4.98 Å². The minimum atomic E-state index is 0.735. The lowest BCUT2D eigenvalue weighted by molar-refractivity contribution is 0.501. The first-order valence-electron chi connectivity index (χ1n) is 4.49. The molecule has 0 aliphatic heterocycles. The van der Waals surface area contributed by atoms with Crippen LogP contribution >= 0.6 is 0 Å². The molecule has 0 spiro atoms. The zero-order valence-electron chi connectivity index (χ0n) is 7.38. The molecule has 64 valence electrons. The van der Waals surface area contributed by atoms with Gasteiger partial charge in [-0.15, -0.1) is 0 Å². The van der Waals surface area contributed by atoms with E-state index in [1.165, 1.54) is 24.0 Å². The molecule has 0 aromatic carbocycles. The molecule has 2 heteroatoms. The SMILES string of the molecule is CC1CCc2ccnc(N)c2C1. The van der Waals surface area contributed by atoms with Crippen LogP contribution in [0, 0.1) is 5.92 Å². The van der Waals surface area contributed by atoms with E-state index in [0.29, 0.717) is 0 Å². The van der Waals surface area contributed by atoms with Crippen LogP contribution in [0.25, 0.3) is 0 Å². The summed E-state index contributed by atoms with van der Waals surface area (Å²) in [5.41, 5.74) is 8.48. The summed E-state index contributed by atoms with van der Waals surface area (Å²) < 4.78 is 0. The molecule has 2 nitrogen and oxygen atoms in total. The number of nitrogens with two attached hydrogens (primary N) is 1. The van der Waals surface area contributed by atoms with Gasteiger partial charge in [0.05, 0.1) is 0 Å². The summed E-state index contributed by atoms with van der Waals surface area (Å²) in [6.07, 6.45) is 5.37. The van der Waals surface area contributed by atoms with Gasteiger partial charge in [0.1, 0.15) is 5.82 Å². The van der Waals surface area contributed by atoms with Gasteiger partial charge in [-0.25, -0.2) is 4.98 Å². The summed E-state index contributed by atoms with van der Waals surface area (Å²) in [4.78, 5) is 4.10. The van der Waals surface area contributed by atoms with Gasteiger partial charge in [0, 0.05) is 6.20 Å². The lowest BCUT2D eigenvalue weighted by Gasteiger charge is -2.21. The van der Waals surface area contributed by atoms with E-state index in [1.807, 2.05) is 6.20 Å². The summed E-state index contributed by atoms with van der Waals surface area (Å²) >= 11 is 0. The highest BCUT2D eigenvalue weighted by molar-refractivity contribution is 5.45. The molecule has 1 aliphatic rings. The van der Waals surface area contributed by atoms with Gasteiger partial charge < -0.3 is 5.73 Å². The topological polar surface area (TPSA) is 38.9 Å². The molecule has 1 aromatic heterocycles. The molecule has 2 N–H and O–H groups in total. The number of pyridine rings is 1. The number of aromatic nitrogens is 1. The molecule has 1 atom stereocenters. The van der Waals surface area contributed by atoms with Gasteiger partial charge >= 0.3 is 0 Å². The van der Waals surface area contributed by atoms with Crippen LogP contribution in [-0.2, 0) is 12.8 Å². The second kappa shape index (κ2) is 2.77. The van der Waals surface area contributed by atoms with Crippen LogP contribution in [0.5, 0.6) is 0 Å². The standard InChI is InChI=1S/C10H14N2/c1-7-2-3-8-4-5-12-10(11)9(8)6-7/h4-5,7H,2-3,6H2,1H3,(H2,11,12). The average molecular weight is 162 g/mol. The maximum Gasteiger partial charge on any atom is 0.126 e. The number of anilines is 1. The fourth-order valence-corrected chi connectivity index (χ4v) is 1.87. The predicted molar refractivity (Wildman–Crippen MR) is 49.8 cm³/mol. The van der Waals surface area contributed by atoms with Gasteiger partial charge in [-0.05, 0) is 42.4 Å². The molecule has 0 saturated heterocycles. The molecule has 0 fully saturated rings. The van der Waals surface area contributed by atoms with Crippen LogP contribution in [0.3, 0.4) is 0 Å². The number of hydrogen-bond donors (Lipinski definition) is 1. The zero-order valence-corrected chi connectivity index (χ0v) is 7.38. The van der Waals surface area contributed by atoms with Crippen molar-refractivity contribution in [3.8, 4) is 0 Å². The minimum absolute atomic E-state index is 0.735. The lowest BCUT2D eigenvalue weighted by Crippen LogP contribution is -2.14. The highest BCUT2D eigenvalue weighted by Gasteiger charge is 2.16. The number of fused-ring (bicyclic) bond motifs is 1. The fourth-order valence-electron chi connectivity index (χ4n) is 1.87. The van der Waals surface area contributed by atoms with Gasteiger partial charge in [-0.3, -0.25) is 0 Å². The van der Waals surface area contributed by atoms with Crippen molar-refractivity contribution in [2.24, 2.45) is 5.92 Å².